The van der Waals surface area contributed by atoms with Crippen LogP contribution < -0.4 is 4.90 Å². The van der Waals surface area contributed by atoms with Gasteiger partial charge in [-0.1, -0.05) is 60.7 Å². The molecule has 2 aliphatic rings. The number of anilines is 1. The number of methoxy groups -OCH3 is 1. The SMILES string of the molecule is COC(=O)c1ccc(N2C(=O)C[C@@H](N3CCN(C(c4ccccc4)c4ccccc4)CC3)C2=O)cc1. The van der Waals surface area contributed by atoms with Gasteiger partial charge in [-0.3, -0.25) is 19.4 Å². The molecule has 0 spiro atoms. The second-order valence-electron chi connectivity index (χ2n) is 9.12. The number of esters is 1. The highest BCUT2D eigenvalue weighted by molar-refractivity contribution is 6.22. The van der Waals surface area contributed by atoms with Gasteiger partial charge in [0, 0.05) is 26.2 Å². The molecule has 2 aliphatic heterocycles. The number of amides is 2. The van der Waals surface area contributed by atoms with Crippen LogP contribution in [0.4, 0.5) is 5.69 Å². The maximum atomic E-state index is 13.3. The zero-order valence-corrected chi connectivity index (χ0v) is 20.2. The molecule has 1 atom stereocenters. The molecule has 7 nitrogen and oxygen atoms in total. The number of hydrogen-bond acceptors (Lipinski definition) is 6. The molecule has 0 N–H and O–H groups in total. The monoisotopic (exact) mass is 483 g/mol. The Kier molecular flexibility index (Phi) is 6.93. The van der Waals surface area contributed by atoms with E-state index in [9.17, 15) is 14.4 Å². The molecule has 2 heterocycles. The molecule has 3 aromatic rings. The van der Waals surface area contributed by atoms with Crippen molar-refractivity contribution in [3.05, 3.63) is 102 Å². The van der Waals surface area contributed by atoms with E-state index in [-0.39, 0.29) is 24.3 Å². The van der Waals surface area contributed by atoms with Crippen molar-refractivity contribution in [2.45, 2.75) is 18.5 Å². The summed E-state index contributed by atoms with van der Waals surface area (Å²) in [7, 11) is 1.32. The lowest BCUT2D eigenvalue weighted by Gasteiger charge is -2.41. The highest BCUT2D eigenvalue weighted by Gasteiger charge is 2.43. The first-order valence-electron chi connectivity index (χ1n) is 12.2. The number of benzene rings is 3. The van der Waals surface area contributed by atoms with Crippen molar-refractivity contribution in [3.63, 3.8) is 0 Å². The first-order chi connectivity index (χ1) is 17.6. The van der Waals surface area contributed by atoms with Crippen LogP contribution in [0.1, 0.15) is 33.9 Å². The summed E-state index contributed by atoms with van der Waals surface area (Å²) in [5.41, 5.74) is 3.34. The number of rotatable bonds is 6. The quantitative estimate of drug-likeness (QED) is 0.395. The van der Waals surface area contributed by atoms with Gasteiger partial charge in [-0.15, -0.1) is 0 Å². The van der Waals surface area contributed by atoms with Crippen LogP contribution in [0.2, 0.25) is 0 Å². The molecule has 7 heteroatoms. The van der Waals surface area contributed by atoms with Gasteiger partial charge in [0.25, 0.3) is 5.91 Å². The first kappa shape index (κ1) is 23.9. The summed E-state index contributed by atoms with van der Waals surface area (Å²) >= 11 is 0. The normalized spacial score (nSPS) is 19.2. The van der Waals surface area contributed by atoms with Crippen LogP contribution in [0.5, 0.6) is 0 Å². The Morgan fingerprint density at radius 2 is 1.36 bits per heavy atom. The van der Waals surface area contributed by atoms with E-state index >= 15 is 0 Å². The van der Waals surface area contributed by atoms with Crippen molar-refractivity contribution in [1.82, 2.24) is 9.80 Å². The van der Waals surface area contributed by atoms with Gasteiger partial charge < -0.3 is 4.74 Å². The molecule has 5 rings (SSSR count). The van der Waals surface area contributed by atoms with E-state index in [0.717, 1.165) is 13.1 Å². The topological polar surface area (TPSA) is 70.2 Å². The maximum Gasteiger partial charge on any atom is 0.337 e. The molecule has 0 saturated carbocycles. The molecule has 0 bridgehead atoms. The molecular formula is C29H29N3O4. The standard InChI is InChI=1S/C29H29N3O4/c1-36-29(35)23-12-14-24(15-13-23)32-26(33)20-25(28(32)34)30-16-18-31(19-17-30)27(21-8-4-2-5-9-21)22-10-6-3-7-11-22/h2-15,25,27H,16-20H2,1H3/t25-/m1/s1. The summed E-state index contributed by atoms with van der Waals surface area (Å²) < 4.78 is 4.73. The fourth-order valence-electron chi connectivity index (χ4n) is 5.23. The molecule has 2 amide bonds. The van der Waals surface area contributed by atoms with E-state index in [2.05, 4.69) is 58.3 Å². The zero-order valence-electron chi connectivity index (χ0n) is 20.2. The largest absolute Gasteiger partial charge is 0.465 e. The lowest BCUT2D eigenvalue weighted by Crippen LogP contribution is -2.53. The minimum Gasteiger partial charge on any atom is -0.465 e. The number of imide groups is 1. The van der Waals surface area contributed by atoms with Gasteiger partial charge in [-0.2, -0.15) is 0 Å². The molecule has 184 valence electrons. The highest BCUT2D eigenvalue weighted by Crippen LogP contribution is 2.31. The van der Waals surface area contributed by atoms with Gasteiger partial charge in [0.15, 0.2) is 0 Å². The number of piperazine rings is 1. The Hall–Kier alpha value is -3.81. The second kappa shape index (κ2) is 10.4. The van der Waals surface area contributed by atoms with Crippen LogP contribution >= 0.6 is 0 Å². The third-order valence-corrected chi connectivity index (χ3v) is 7.05. The van der Waals surface area contributed by atoms with Crippen LogP contribution in [0.25, 0.3) is 0 Å². The van der Waals surface area contributed by atoms with Gasteiger partial charge in [0.05, 0.1) is 36.9 Å². The summed E-state index contributed by atoms with van der Waals surface area (Å²) in [5, 5.41) is 0. The summed E-state index contributed by atoms with van der Waals surface area (Å²) in [6.07, 6.45) is 0.165. The maximum absolute atomic E-state index is 13.3. The Balaban J connectivity index is 1.28. The molecule has 0 radical (unpaired) electrons. The predicted octanol–water partition coefficient (Wildman–Crippen LogP) is 3.51. The van der Waals surface area contributed by atoms with E-state index < -0.39 is 12.0 Å². The van der Waals surface area contributed by atoms with Crippen LogP contribution in [-0.2, 0) is 14.3 Å². The summed E-state index contributed by atoms with van der Waals surface area (Å²) in [4.78, 5) is 43.7. The van der Waals surface area contributed by atoms with E-state index in [1.54, 1.807) is 24.3 Å². The van der Waals surface area contributed by atoms with Crippen molar-refractivity contribution < 1.29 is 19.1 Å². The Morgan fingerprint density at radius 3 is 1.89 bits per heavy atom. The fourth-order valence-corrected chi connectivity index (χ4v) is 5.23. The van der Waals surface area contributed by atoms with Crippen LogP contribution in [0.3, 0.4) is 0 Å². The Labute approximate surface area is 210 Å². The number of nitrogens with zero attached hydrogens (tertiary/aromatic N) is 3. The smallest absolute Gasteiger partial charge is 0.337 e. The number of ether oxygens (including phenoxy) is 1. The lowest BCUT2D eigenvalue weighted by molar-refractivity contribution is -0.123. The molecule has 0 aromatic heterocycles. The summed E-state index contributed by atoms with van der Waals surface area (Å²) in [6.45, 7) is 2.99. The van der Waals surface area contributed by atoms with Crippen LogP contribution in [0.15, 0.2) is 84.9 Å². The van der Waals surface area contributed by atoms with Gasteiger partial charge in [-0.05, 0) is 35.4 Å². The van der Waals surface area contributed by atoms with E-state index in [0.29, 0.717) is 24.3 Å². The minimum absolute atomic E-state index is 0.139. The Morgan fingerprint density at radius 1 is 0.806 bits per heavy atom. The number of carbonyl (C=O) groups is 3. The fraction of sp³-hybridized carbons (Fsp3) is 0.276. The minimum atomic E-state index is -0.466. The van der Waals surface area contributed by atoms with Gasteiger partial charge in [0.2, 0.25) is 5.91 Å². The van der Waals surface area contributed by atoms with Crippen LogP contribution in [0, 0.1) is 0 Å². The van der Waals surface area contributed by atoms with Gasteiger partial charge >= 0.3 is 5.97 Å². The molecule has 3 aromatic carbocycles. The van der Waals surface area contributed by atoms with E-state index in [1.165, 1.54) is 23.1 Å². The van der Waals surface area contributed by atoms with Crippen molar-refractivity contribution in [2.75, 3.05) is 38.2 Å². The number of carbonyl (C=O) groups excluding carboxylic acids is 3. The average molecular weight is 484 g/mol. The summed E-state index contributed by atoms with van der Waals surface area (Å²) in [6, 6.07) is 27.0. The van der Waals surface area contributed by atoms with Gasteiger partial charge in [-0.25, -0.2) is 9.69 Å². The lowest BCUT2D eigenvalue weighted by atomic mass is 9.96. The zero-order chi connectivity index (χ0) is 25.1. The summed E-state index contributed by atoms with van der Waals surface area (Å²) in [5.74, 6) is -0.882. The van der Waals surface area contributed by atoms with E-state index in [4.69, 9.17) is 4.74 Å². The average Bonchev–Trinajstić information content (AvgIpc) is 3.23. The van der Waals surface area contributed by atoms with Crippen molar-refractivity contribution in [2.24, 2.45) is 0 Å². The molecular weight excluding hydrogens is 454 g/mol. The molecule has 2 fully saturated rings. The molecule has 0 unspecified atom stereocenters. The van der Waals surface area contributed by atoms with Crippen molar-refractivity contribution >= 4 is 23.5 Å². The van der Waals surface area contributed by atoms with Crippen molar-refractivity contribution in [3.8, 4) is 0 Å². The Bertz CT molecular complexity index is 1180. The van der Waals surface area contributed by atoms with Gasteiger partial charge in [0.1, 0.15) is 0 Å². The second-order valence-corrected chi connectivity index (χ2v) is 9.12. The van der Waals surface area contributed by atoms with Crippen molar-refractivity contribution in [1.29, 1.82) is 0 Å². The third kappa shape index (κ3) is 4.67. The molecule has 2 saturated heterocycles. The van der Waals surface area contributed by atoms with Crippen LogP contribution in [-0.4, -0.2) is 66.9 Å². The number of hydrogen-bond donors (Lipinski definition) is 0. The third-order valence-electron chi connectivity index (χ3n) is 7.05. The van der Waals surface area contributed by atoms with E-state index in [1.807, 2.05) is 12.1 Å². The molecule has 36 heavy (non-hydrogen) atoms. The highest BCUT2D eigenvalue weighted by atomic mass is 16.5. The predicted molar refractivity (Wildman–Crippen MR) is 137 cm³/mol. The molecule has 0 aliphatic carbocycles. The first-order valence-corrected chi connectivity index (χ1v) is 12.2.